The zero-order chi connectivity index (χ0) is 11.4. The van der Waals surface area contributed by atoms with Gasteiger partial charge in [0, 0.05) is 19.6 Å². The molecule has 1 N–H and O–H groups in total. The predicted octanol–water partition coefficient (Wildman–Crippen LogP) is 1.97. The van der Waals surface area contributed by atoms with Gasteiger partial charge in [0.15, 0.2) is 0 Å². The largest absolute Gasteiger partial charge is 0.456 e. The lowest BCUT2D eigenvalue weighted by Crippen LogP contribution is -2.47. The number of rotatable bonds is 5. The second-order valence-corrected chi connectivity index (χ2v) is 2.62. The Morgan fingerprint density at radius 1 is 1.21 bits per heavy atom. The first-order chi connectivity index (χ1) is 6.23. The molecule has 0 radical (unpaired) electrons. The van der Waals surface area contributed by atoms with Gasteiger partial charge in [-0.3, -0.25) is 0 Å². The first-order valence-corrected chi connectivity index (χ1v) is 3.93. The van der Waals surface area contributed by atoms with Gasteiger partial charge in [0.1, 0.15) is 6.10 Å². The SMILES string of the molecule is CCOCC[C@@H](O)C(F)(F)C(F)(F)F. The Morgan fingerprint density at radius 3 is 2.07 bits per heavy atom. The lowest BCUT2D eigenvalue weighted by Gasteiger charge is -2.24. The third-order valence-corrected chi connectivity index (χ3v) is 1.54. The molecule has 0 bridgehead atoms. The fourth-order valence-corrected chi connectivity index (χ4v) is 0.709. The highest BCUT2D eigenvalue weighted by atomic mass is 19.4. The maximum atomic E-state index is 12.3. The van der Waals surface area contributed by atoms with Crippen molar-refractivity contribution in [1.29, 1.82) is 0 Å². The Labute approximate surface area is 77.7 Å². The summed E-state index contributed by atoms with van der Waals surface area (Å²) in [6, 6.07) is 0. The first-order valence-electron chi connectivity index (χ1n) is 3.93. The molecule has 1 atom stereocenters. The van der Waals surface area contributed by atoms with Crippen LogP contribution in [0.1, 0.15) is 13.3 Å². The zero-order valence-corrected chi connectivity index (χ0v) is 7.44. The van der Waals surface area contributed by atoms with Gasteiger partial charge < -0.3 is 9.84 Å². The predicted molar refractivity (Wildman–Crippen MR) is 38.1 cm³/mol. The molecule has 0 saturated heterocycles. The summed E-state index contributed by atoms with van der Waals surface area (Å²) < 4.78 is 64.1. The van der Waals surface area contributed by atoms with Crippen LogP contribution in [0.25, 0.3) is 0 Å². The van der Waals surface area contributed by atoms with Crippen LogP contribution in [0.2, 0.25) is 0 Å². The Bertz CT molecular complexity index is 168. The molecule has 0 amide bonds. The van der Waals surface area contributed by atoms with E-state index in [1.54, 1.807) is 6.92 Å². The van der Waals surface area contributed by atoms with Gasteiger partial charge >= 0.3 is 12.1 Å². The average molecular weight is 222 g/mol. The van der Waals surface area contributed by atoms with Gasteiger partial charge in [-0.1, -0.05) is 0 Å². The quantitative estimate of drug-likeness (QED) is 0.569. The van der Waals surface area contributed by atoms with E-state index in [0.717, 1.165) is 0 Å². The topological polar surface area (TPSA) is 29.5 Å². The average Bonchev–Trinajstić information content (AvgIpc) is 2.02. The van der Waals surface area contributed by atoms with E-state index in [9.17, 15) is 22.0 Å². The van der Waals surface area contributed by atoms with Gasteiger partial charge in [0.25, 0.3) is 0 Å². The molecule has 0 aromatic heterocycles. The number of hydrogen-bond donors (Lipinski definition) is 1. The fourth-order valence-electron chi connectivity index (χ4n) is 0.709. The molecule has 0 aliphatic carbocycles. The lowest BCUT2D eigenvalue weighted by molar-refractivity contribution is -0.314. The zero-order valence-electron chi connectivity index (χ0n) is 7.44. The minimum Gasteiger partial charge on any atom is -0.386 e. The molecule has 14 heavy (non-hydrogen) atoms. The van der Waals surface area contributed by atoms with Crippen molar-refractivity contribution in [1.82, 2.24) is 0 Å². The molecule has 0 unspecified atom stereocenters. The Morgan fingerprint density at radius 2 is 1.71 bits per heavy atom. The van der Waals surface area contributed by atoms with Gasteiger partial charge in [0.2, 0.25) is 0 Å². The molecule has 0 spiro atoms. The molecule has 0 fully saturated rings. The Balaban J connectivity index is 4.15. The molecule has 0 aromatic carbocycles. The van der Waals surface area contributed by atoms with Crippen LogP contribution in [0.15, 0.2) is 0 Å². The molecule has 0 saturated carbocycles. The summed E-state index contributed by atoms with van der Waals surface area (Å²) >= 11 is 0. The van der Waals surface area contributed by atoms with Gasteiger partial charge in [-0.15, -0.1) is 0 Å². The van der Waals surface area contributed by atoms with E-state index in [1.807, 2.05) is 0 Å². The summed E-state index contributed by atoms with van der Waals surface area (Å²) in [5.41, 5.74) is 0. The normalized spacial score (nSPS) is 15.6. The standard InChI is InChI=1S/C7H11F5O2/c1-2-14-4-3-5(13)6(8,9)7(10,11)12/h5,13H,2-4H2,1H3/t5-/m1/s1. The summed E-state index contributed by atoms with van der Waals surface area (Å²) in [5.74, 6) is -5.08. The van der Waals surface area contributed by atoms with Crippen LogP contribution in [0.3, 0.4) is 0 Å². The highest BCUT2D eigenvalue weighted by Crippen LogP contribution is 2.38. The molecule has 0 aromatic rings. The van der Waals surface area contributed by atoms with Crippen LogP contribution in [0.4, 0.5) is 22.0 Å². The van der Waals surface area contributed by atoms with Crippen LogP contribution < -0.4 is 0 Å². The molecule has 0 aliphatic heterocycles. The number of alkyl halides is 5. The number of aliphatic hydroxyl groups excluding tert-OH is 1. The van der Waals surface area contributed by atoms with E-state index < -0.39 is 24.6 Å². The number of ether oxygens (including phenoxy) is 1. The van der Waals surface area contributed by atoms with Gasteiger partial charge in [-0.05, 0) is 6.92 Å². The van der Waals surface area contributed by atoms with E-state index in [-0.39, 0.29) is 13.2 Å². The van der Waals surface area contributed by atoms with Crippen molar-refractivity contribution in [3.05, 3.63) is 0 Å². The Hall–Kier alpha value is -0.430. The number of hydrogen-bond acceptors (Lipinski definition) is 2. The van der Waals surface area contributed by atoms with Crippen LogP contribution in [-0.2, 0) is 4.74 Å². The lowest BCUT2D eigenvalue weighted by atomic mass is 10.1. The van der Waals surface area contributed by atoms with Crippen LogP contribution in [0, 0.1) is 0 Å². The van der Waals surface area contributed by atoms with Crippen molar-refractivity contribution >= 4 is 0 Å². The Kier molecular flexibility index (Phi) is 4.73. The fraction of sp³-hybridized carbons (Fsp3) is 1.00. The molecule has 0 rings (SSSR count). The van der Waals surface area contributed by atoms with E-state index >= 15 is 0 Å². The molecule has 7 heteroatoms. The molecule has 2 nitrogen and oxygen atoms in total. The summed E-state index contributed by atoms with van der Waals surface area (Å²) in [5, 5.41) is 8.59. The van der Waals surface area contributed by atoms with E-state index in [4.69, 9.17) is 5.11 Å². The van der Waals surface area contributed by atoms with E-state index in [1.165, 1.54) is 0 Å². The van der Waals surface area contributed by atoms with Crippen LogP contribution in [-0.4, -0.2) is 36.5 Å². The highest BCUT2D eigenvalue weighted by molar-refractivity contribution is 4.83. The van der Waals surface area contributed by atoms with Crippen molar-refractivity contribution < 1.29 is 31.8 Å². The second kappa shape index (κ2) is 4.88. The third kappa shape index (κ3) is 3.38. The molecule has 0 heterocycles. The van der Waals surface area contributed by atoms with Crippen molar-refractivity contribution in [3.8, 4) is 0 Å². The molecular formula is C7H11F5O2. The summed E-state index contributed by atoms with van der Waals surface area (Å²) in [7, 11) is 0. The number of aliphatic hydroxyl groups is 1. The van der Waals surface area contributed by atoms with Crippen LogP contribution in [0.5, 0.6) is 0 Å². The minimum atomic E-state index is -5.72. The molecule has 86 valence electrons. The third-order valence-electron chi connectivity index (χ3n) is 1.54. The number of halogens is 5. The van der Waals surface area contributed by atoms with Crippen LogP contribution >= 0.6 is 0 Å². The first kappa shape index (κ1) is 13.6. The van der Waals surface area contributed by atoms with Gasteiger partial charge in [0.05, 0.1) is 0 Å². The van der Waals surface area contributed by atoms with E-state index in [0.29, 0.717) is 0 Å². The van der Waals surface area contributed by atoms with Crippen molar-refractivity contribution in [2.24, 2.45) is 0 Å². The summed E-state index contributed by atoms with van der Waals surface area (Å²) in [6.45, 7) is 1.43. The maximum absolute atomic E-state index is 12.3. The van der Waals surface area contributed by atoms with Crippen molar-refractivity contribution in [2.45, 2.75) is 31.5 Å². The minimum absolute atomic E-state index is 0.199. The maximum Gasteiger partial charge on any atom is 0.456 e. The van der Waals surface area contributed by atoms with E-state index in [2.05, 4.69) is 4.74 Å². The second-order valence-electron chi connectivity index (χ2n) is 2.62. The molecule has 0 aliphatic rings. The van der Waals surface area contributed by atoms with Gasteiger partial charge in [-0.2, -0.15) is 22.0 Å². The summed E-state index contributed by atoms with van der Waals surface area (Å²) in [4.78, 5) is 0. The van der Waals surface area contributed by atoms with Crippen molar-refractivity contribution in [2.75, 3.05) is 13.2 Å². The smallest absolute Gasteiger partial charge is 0.386 e. The summed E-state index contributed by atoms with van der Waals surface area (Å²) in [6.07, 6.45) is -9.23. The van der Waals surface area contributed by atoms with Gasteiger partial charge in [-0.25, -0.2) is 0 Å². The monoisotopic (exact) mass is 222 g/mol. The van der Waals surface area contributed by atoms with Crippen molar-refractivity contribution in [3.63, 3.8) is 0 Å². The molecular weight excluding hydrogens is 211 g/mol. The highest BCUT2D eigenvalue weighted by Gasteiger charge is 2.61.